The van der Waals surface area contributed by atoms with Gasteiger partial charge >= 0.3 is 5.97 Å². The molecule has 1 saturated carbocycles. The van der Waals surface area contributed by atoms with E-state index in [1.165, 1.54) is 0 Å². The summed E-state index contributed by atoms with van der Waals surface area (Å²) in [6.45, 7) is 1.78. The number of pyridine rings is 1. The quantitative estimate of drug-likeness (QED) is 0.808. The smallest absolute Gasteiger partial charge is 0.311 e. The van der Waals surface area contributed by atoms with Gasteiger partial charge < -0.3 is 15.5 Å². The van der Waals surface area contributed by atoms with Gasteiger partial charge in [0.15, 0.2) is 0 Å². The third-order valence-corrected chi connectivity index (χ3v) is 4.51. The second kappa shape index (κ2) is 4.91. The van der Waals surface area contributed by atoms with Crippen LogP contribution in [0.3, 0.4) is 0 Å². The third kappa shape index (κ3) is 2.28. The maximum Gasteiger partial charge on any atom is 0.311 e. The SMILES string of the molecule is CC1(C(=O)O)CCCC1Nc1nccc2ccc(O)cc12. The number of carboxylic acids is 1. The molecule has 0 spiro atoms. The van der Waals surface area contributed by atoms with Crippen molar-refractivity contribution in [2.24, 2.45) is 5.41 Å². The highest BCUT2D eigenvalue weighted by molar-refractivity contribution is 5.93. The summed E-state index contributed by atoms with van der Waals surface area (Å²) in [6.07, 6.45) is 4.04. The van der Waals surface area contributed by atoms with Gasteiger partial charge in [-0.2, -0.15) is 0 Å². The van der Waals surface area contributed by atoms with Gasteiger partial charge in [0.05, 0.1) is 5.41 Å². The number of rotatable bonds is 3. The number of carboxylic acid groups (broad SMARTS) is 1. The average Bonchev–Trinajstić information content (AvgIpc) is 2.82. The van der Waals surface area contributed by atoms with Gasteiger partial charge in [0, 0.05) is 17.6 Å². The van der Waals surface area contributed by atoms with Crippen LogP contribution in [0.25, 0.3) is 10.8 Å². The number of phenols is 1. The molecule has 110 valence electrons. The molecule has 1 aliphatic carbocycles. The van der Waals surface area contributed by atoms with Crippen LogP contribution in [0.4, 0.5) is 5.82 Å². The Bertz CT molecular complexity index is 701. The van der Waals surface area contributed by atoms with E-state index in [0.29, 0.717) is 12.2 Å². The van der Waals surface area contributed by atoms with Gasteiger partial charge in [-0.1, -0.05) is 12.5 Å². The molecule has 21 heavy (non-hydrogen) atoms. The summed E-state index contributed by atoms with van der Waals surface area (Å²) in [5, 5.41) is 24.2. The predicted octanol–water partition coefficient (Wildman–Crippen LogP) is 3.00. The minimum atomic E-state index is -0.777. The molecule has 5 nitrogen and oxygen atoms in total. The topological polar surface area (TPSA) is 82.5 Å². The zero-order valence-corrected chi connectivity index (χ0v) is 11.8. The Labute approximate surface area is 122 Å². The Morgan fingerprint density at radius 3 is 3.00 bits per heavy atom. The lowest BCUT2D eigenvalue weighted by Gasteiger charge is -2.28. The molecule has 5 heteroatoms. The number of nitrogens with one attached hydrogen (secondary N) is 1. The van der Waals surface area contributed by atoms with Gasteiger partial charge in [-0.15, -0.1) is 0 Å². The maximum atomic E-state index is 11.5. The van der Waals surface area contributed by atoms with Crippen LogP contribution >= 0.6 is 0 Å². The van der Waals surface area contributed by atoms with Gasteiger partial charge in [0.2, 0.25) is 0 Å². The molecule has 1 aliphatic rings. The van der Waals surface area contributed by atoms with Crippen LogP contribution in [0.2, 0.25) is 0 Å². The van der Waals surface area contributed by atoms with E-state index in [-0.39, 0.29) is 11.8 Å². The summed E-state index contributed by atoms with van der Waals surface area (Å²) in [4.78, 5) is 15.9. The molecule has 2 aromatic rings. The first-order chi connectivity index (χ1) is 10.0. The van der Waals surface area contributed by atoms with Gasteiger partial charge in [-0.05, 0) is 43.4 Å². The number of carbonyl (C=O) groups is 1. The molecule has 2 atom stereocenters. The first kappa shape index (κ1) is 13.7. The second-order valence-electron chi connectivity index (χ2n) is 5.88. The lowest BCUT2D eigenvalue weighted by atomic mass is 9.85. The van der Waals surface area contributed by atoms with Crippen molar-refractivity contribution < 1.29 is 15.0 Å². The number of hydrogen-bond donors (Lipinski definition) is 3. The molecule has 0 amide bonds. The van der Waals surface area contributed by atoms with Crippen LogP contribution in [0, 0.1) is 5.41 Å². The van der Waals surface area contributed by atoms with Crippen molar-refractivity contribution in [2.45, 2.75) is 32.2 Å². The highest BCUT2D eigenvalue weighted by Crippen LogP contribution is 2.40. The van der Waals surface area contributed by atoms with Gasteiger partial charge in [0.25, 0.3) is 0 Å². The molecular weight excluding hydrogens is 268 g/mol. The van der Waals surface area contributed by atoms with Crippen molar-refractivity contribution in [3.05, 3.63) is 30.5 Å². The lowest BCUT2D eigenvalue weighted by molar-refractivity contribution is -0.147. The molecule has 1 heterocycles. The molecule has 0 saturated heterocycles. The zero-order chi connectivity index (χ0) is 15.0. The molecular formula is C16H18N2O3. The van der Waals surface area contributed by atoms with Crippen molar-refractivity contribution in [1.82, 2.24) is 4.98 Å². The van der Waals surface area contributed by atoms with Crippen LogP contribution in [0.1, 0.15) is 26.2 Å². The van der Waals surface area contributed by atoms with E-state index < -0.39 is 11.4 Å². The highest BCUT2D eigenvalue weighted by Gasteiger charge is 2.45. The average molecular weight is 286 g/mol. The van der Waals surface area contributed by atoms with Crippen LogP contribution < -0.4 is 5.32 Å². The Balaban J connectivity index is 1.98. The molecule has 1 aromatic carbocycles. The molecule has 3 rings (SSSR count). The summed E-state index contributed by atoms with van der Waals surface area (Å²) in [5.41, 5.74) is -0.777. The summed E-state index contributed by atoms with van der Waals surface area (Å²) >= 11 is 0. The largest absolute Gasteiger partial charge is 0.508 e. The fourth-order valence-corrected chi connectivity index (χ4v) is 3.09. The number of aromatic hydroxyl groups is 1. The number of hydrogen-bond acceptors (Lipinski definition) is 4. The molecule has 0 bridgehead atoms. The van der Waals surface area contributed by atoms with Gasteiger partial charge in [-0.25, -0.2) is 4.98 Å². The molecule has 1 aromatic heterocycles. The number of aromatic nitrogens is 1. The molecule has 0 aliphatic heterocycles. The van der Waals surface area contributed by atoms with Crippen LogP contribution in [0.5, 0.6) is 5.75 Å². The van der Waals surface area contributed by atoms with Gasteiger partial charge in [-0.3, -0.25) is 4.79 Å². The summed E-state index contributed by atoms with van der Waals surface area (Å²) < 4.78 is 0. The van der Waals surface area contributed by atoms with E-state index in [1.54, 1.807) is 25.3 Å². The normalized spacial score (nSPS) is 25.1. The number of fused-ring (bicyclic) bond motifs is 1. The molecule has 1 fully saturated rings. The van der Waals surface area contributed by atoms with Crippen LogP contribution in [0.15, 0.2) is 30.5 Å². The van der Waals surface area contributed by atoms with Crippen molar-refractivity contribution in [3.8, 4) is 5.75 Å². The molecule has 3 N–H and O–H groups in total. The van der Waals surface area contributed by atoms with E-state index in [1.807, 2.05) is 12.1 Å². The number of anilines is 1. The Kier molecular flexibility index (Phi) is 3.20. The molecule has 2 unspecified atom stereocenters. The summed E-state index contributed by atoms with van der Waals surface area (Å²) in [7, 11) is 0. The fraction of sp³-hybridized carbons (Fsp3) is 0.375. The second-order valence-corrected chi connectivity index (χ2v) is 5.88. The van der Waals surface area contributed by atoms with E-state index >= 15 is 0 Å². The van der Waals surface area contributed by atoms with E-state index in [9.17, 15) is 15.0 Å². The zero-order valence-electron chi connectivity index (χ0n) is 11.8. The lowest BCUT2D eigenvalue weighted by Crippen LogP contribution is -2.40. The Morgan fingerprint density at radius 1 is 1.43 bits per heavy atom. The monoisotopic (exact) mass is 286 g/mol. The number of aliphatic carboxylic acids is 1. The minimum absolute atomic E-state index is 0.157. The standard InChI is InChI=1S/C16H18N2O3/c1-16(15(20)21)7-2-3-13(16)18-14-12-9-11(19)5-4-10(12)6-8-17-14/h4-6,8-9,13,19H,2-3,7H2,1H3,(H,17,18)(H,20,21). The number of benzene rings is 1. The summed E-state index contributed by atoms with van der Waals surface area (Å²) in [5.74, 6) is 0.0225. The Morgan fingerprint density at radius 2 is 2.24 bits per heavy atom. The third-order valence-electron chi connectivity index (χ3n) is 4.51. The predicted molar refractivity (Wildman–Crippen MR) is 80.4 cm³/mol. The first-order valence-electron chi connectivity index (χ1n) is 7.08. The summed E-state index contributed by atoms with van der Waals surface area (Å²) in [6, 6.07) is 6.81. The number of phenolic OH excluding ortho intramolecular Hbond substituents is 1. The first-order valence-corrected chi connectivity index (χ1v) is 7.08. The van der Waals surface area contributed by atoms with E-state index in [2.05, 4.69) is 10.3 Å². The Hall–Kier alpha value is -2.30. The molecule has 0 radical (unpaired) electrons. The van der Waals surface area contributed by atoms with Crippen LogP contribution in [-0.4, -0.2) is 27.2 Å². The van der Waals surface area contributed by atoms with Crippen molar-refractivity contribution in [2.75, 3.05) is 5.32 Å². The van der Waals surface area contributed by atoms with Crippen LogP contribution in [-0.2, 0) is 4.79 Å². The van der Waals surface area contributed by atoms with Crippen molar-refractivity contribution in [3.63, 3.8) is 0 Å². The van der Waals surface area contributed by atoms with E-state index in [0.717, 1.165) is 23.6 Å². The van der Waals surface area contributed by atoms with Crippen molar-refractivity contribution >= 4 is 22.6 Å². The van der Waals surface area contributed by atoms with Crippen molar-refractivity contribution in [1.29, 1.82) is 0 Å². The van der Waals surface area contributed by atoms with Gasteiger partial charge in [0.1, 0.15) is 11.6 Å². The highest BCUT2D eigenvalue weighted by atomic mass is 16.4. The fourth-order valence-electron chi connectivity index (χ4n) is 3.09. The van der Waals surface area contributed by atoms with E-state index in [4.69, 9.17) is 0 Å². The maximum absolute atomic E-state index is 11.5. The minimum Gasteiger partial charge on any atom is -0.508 e. The number of nitrogens with zero attached hydrogens (tertiary/aromatic N) is 1.